The van der Waals surface area contributed by atoms with Crippen molar-refractivity contribution in [3.8, 4) is 0 Å². The lowest BCUT2D eigenvalue weighted by Crippen LogP contribution is -2.59. The van der Waals surface area contributed by atoms with Gasteiger partial charge in [0.05, 0.1) is 31.2 Å². The molecule has 0 radical (unpaired) electrons. The lowest BCUT2D eigenvalue weighted by atomic mass is 9.74. The fourth-order valence-electron chi connectivity index (χ4n) is 7.68. The number of rotatable bonds is 7. The van der Waals surface area contributed by atoms with Gasteiger partial charge in [0.25, 0.3) is 5.91 Å². The molecule has 0 aliphatic carbocycles. The molecular weight excluding hydrogens is 730 g/mol. The lowest BCUT2D eigenvalue weighted by Gasteiger charge is -2.40. The molecule has 3 amide bonds. The van der Waals surface area contributed by atoms with Crippen LogP contribution in [0.3, 0.4) is 0 Å². The quantitative estimate of drug-likeness (QED) is 0.314. The molecule has 0 aromatic heterocycles. The van der Waals surface area contributed by atoms with Crippen LogP contribution in [-0.4, -0.2) is 90.4 Å². The molecule has 5 bridgehead atoms. The van der Waals surface area contributed by atoms with Gasteiger partial charge in [0.15, 0.2) is 0 Å². The third-order valence-electron chi connectivity index (χ3n) is 10.0. The fraction of sp³-hybridized carbons (Fsp3) is 0.459. The van der Waals surface area contributed by atoms with Crippen molar-refractivity contribution in [1.29, 1.82) is 0 Å². The van der Waals surface area contributed by atoms with Crippen LogP contribution in [0, 0.1) is 17.8 Å². The second kappa shape index (κ2) is 15.0. The minimum absolute atomic E-state index is 0.0435. The summed E-state index contributed by atoms with van der Waals surface area (Å²) in [6.45, 7) is 3.47. The van der Waals surface area contributed by atoms with Crippen LogP contribution in [-0.2, 0) is 33.4 Å². The van der Waals surface area contributed by atoms with E-state index in [0.29, 0.717) is 27.2 Å². The molecule has 2 saturated heterocycles. The van der Waals surface area contributed by atoms with Gasteiger partial charge in [0.1, 0.15) is 29.8 Å². The van der Waals surface area contributed by atoms with Crippen molar-refractivity contribution in [3.63, 3.8) is 0 Å². The first-order valence-electron chi connectivity index (χ1n) is 16.8. The minimum atomic E-state index is -1.55. The van der Waals surface area contributed by atoms with Crippen LogP contribution >= 0.6 is 27.5 Å². The summed E-state index contributed by atoms with van der Waals surface area (Å²) in [6, 6.07) is 13.1. The van der Waals surface area contributed by atoms with Crippen molar-refractivity contribution in [2.24, 2.45) is 17.8 Å². The van der Waals surface area contributed by atoms with Crippen LogP contribution in [0.25, 0.3) is 0 Å². The second-order valence-corrected chi connectivity index (χ2v) is 14.8. The summed E-state index contributed by atoms with van der Waals surface area (Å²) < 4.78 is 18.9. The maximum Gasteiger partial charge on any atom is 0.313 e. The number of nitrogens with zero attached hydrogens (tertiary/aromatic N) is 2. The Kier molecular flexibility index (Phi) is 10.9. The highest BCUT2D eigenvalue weighted by Crippen LogP contribution is 2.59. The van der Waals surface area contributed by atoms with Crippen molar-refractivity contribution in [2.45, 2.75) is 62.6 Å². The molecule has 1 spiro atoms. The number of aliphatic hydroxyl groups excluding tert-OH is 1. The topological polar surface area (TPSA) is 135 Å². The number of amides is 3. The number of carbonyl (C=O) groups excluding carboxylic acids is 4. The normalized spacial score (nSPS) is 31.4. The monoisotopic (exact) mass is 769 g/mol. The molecular formula is C37H41BrClN3O8. The maximum absolute atomic E-state index is 15.1. The van der Waals surface area contributed by atoms with E-state index in [1.165, 1.54) is 16.9 Å². The van der Waals surface area contributed by atoms with Crippen LogP contribution in [0.1, 0.15) is 38.4 Å². The van der Waals surface area contributed by atoms with Gasteiger partial charge in [-0.15, -0.1) is 0 Å². The summed E-state index contributed by atoms with van der Waals surface area (Å²) in [5.74, 6) is -4.45. The maximum atomic E-state index is 15.1. The largest absolute Gasteiger partial charge is 0.455 e. The summed E-state index contributed by atoms with van der Waals surface area (Å²) in [4.78, 5) is 60.6. The number of fused-ring (bicyclic) bond motifs is 2. The van der Waals surface area contributed by atoms with E-state index >= 15 is 4.79 Å². The number of likely N-dealkylation sites (tertiary alicyclic amines) is 1. The van der Waals surface area contributed by atoms with E-state index in [4.69, 9.17) is 25.8 Å². The lowest BCUT2D eigenvalue weighted by molar-refractivity contribution is -0.162. The van der Waals surface area contributed by atoms with E-state index in [1.807, 2.05) is 26.0 Å². The summed E-state index contributed by atoms with van der Waals surface area (Å²) in [7, 11) is 1.50. The number of benzene rings is 2. The third-order valence-corrected chi connectivity index (χ3v) is 10.9. The Morgan fingerprint density at radius 3 is 2.42 bits per heavy atom. The number of nitrogens with one attached hydrogen (secondary N) is 1. The van der Waals surface area contributed by atoms with E-state index in [9.17, 15) is 19.5 Å². The highest BCUT2D eigenvalue weighted by Gasteiger charge is 2.75. The number of halogens is 2. The van der Waals surface area contributed by atoms with Gasteiger partial charge in [-0.3, -0.25) is 19.2 Å². The molecule has 6 rings (SSSR count). The van der Waals surface area contributed by atoms with Gasteiger partial charge in [0, 0.05) is 35.3 Å². The van der Waals surface area contributed by atoms with Crippen molar-refractivity contribution >= 4 is 56.9 Å². The number of hydrogen-bond acceptors (Lipinski definition) is 8. The van der Waals surface area contributed by atoms with Gasteiger partial charge in [-0.05, 0) is 48.2 Å². The highest BCUT2D eigenvalue weighted by molar-refractivity contribution is 9.11. The number of allylic oxidation sites excluding steroid dienone is 1. The first-order valence-corrected chi connectivity index (χ1v) is 17.9. The number of cyclic esters (lactones) is 1. The van der Waals surface area contributed by atoms with Crippen molar-refractivity contribution in [3.05, 3.63) is 87.9 Å². The highest BCUT2D eigenvalue weighted by atomic mass is 79.9. The SMILES string of the molecule is COC[C@@H]1NC(=O)CC/C=C\CN(c2ccc(Cl)cc2)C(=O)[C@H]2N([C@@H](CO)C(C)C)C(=O)[C@@H]3[C@@H](C(=O)O[C@H]1c1ccccc1)[C@@H]1O[C@@]32C=C1Br. The molecule has 4 aliphatic heterocycles. The van der Waals surface area contributed by atoms with E-state index in [2.05, 4.69) is 21.2 Å². The first kappa shape index (κ1) is 36.2. The summed E-state index contributed by atoms with van der Waals surface area (Å²) in [6.07, 6.45) is 3.98. The van der Waals surface area contributed by atoms with E-state index < -0.39 is 72.2 Å². The summed E-state index contributed by atoms with van der Waals surface area (Å²) in [5, 5.41) is 14.1. The first-order chi connectivity index (χ1) is 24.0. The number of ether oxygens (including phenoxy) is 3. The van der Waals surface area contributed by atoms with Crippen LogP contribution in [0.4, 0.5) is 5.69 Å². The number of esters is 1. The molecule has 266 valence electrons. The predicted molar refractivity (Wildman–Crippen MR) is 189 cm³/mol. The molecule has 4 aliphatic rings. The molecule has 2 fully saturated rings. The molecule has 0 saturated carbocycles. The Bertz CT molecular complexity index is 1670. The molecule has 0 unspecified atom stereocenters. The summed E-state index contributed by atoms with van der Waals surface area (Å²) in [5.41, 5.74) is -0.397. The van der Waals surface area contributed by atoms with Crippen LogP contribution in [0.5, 0.6) is 0 Å². The second-order valence-electron chi connectivity index (χ2n) is 13.4. The number of methoxy groups -OCH3 is 1. The number of hydrogen-bond donors (Lipinski definition) is 2. The van der Waals surface area contributed by atoms with Crippen LogP contribution in [0.2, 0.25) is 5.02 Å². The predicted octanol–water partition coefficient (Wildman–Crippen LogP) is 4.33. The molecule has 13 heteroatoms. The Morgan fingerprint density at radius 1 is 1.04 bits per heavy atom. The van der Waals surface area contributed by atoms with E-state index in [0.717, 1.165) is 0 Å². The van der Waals surface area contributed by atoms with Gasteiger partial charge >= 0.3 is 5.97 Å². The van der Waals surface area contributed by atoms with Gasteiger partial charge in [0.2, 0.25) is 11.8 Å². The smallest absolute Gasteiger partial charge is 0.313 e. The molecule has 8 atom stereocenters. The zero-order chi connectivity index (χ0) is 35.7. The third kappa shape index (κ3) is 6.52. The van der Waals surface area contributed by atoms with Gasteiger partial charge < -0.3 is 34.4 Å². The van der Waals surface area contributed by atoms with Crippen molar-refractivity contribution < 1.29 is 38.5 Å². The van der Waals surface area contributed by atoms with Crippen LogP contribution in [0.15, 0.2) is 77.3 Å². The Hall–Kier alpha value is -3.55. The van der Waals surface area contributed by atoms with Gasteiger partial charge in [-0.25, -0.2) is 0 Å². The Balaban J connectivity index is 1.51. The van der Waals surface area contributed by atoms with E-state index in [-0.39, 0.29) is 31.4 Å². The van der Waals surface area contributed by atoms with Crippen LogP contribution < -0.4 is 10.2 Å². The standard InChI is InChI=1S/C37H41BrClN3O8/c1-21(2)27(19-43)42-33-35(46)41(24-15-13-23(39)14-16-24)17-9-5-8-12-28(44)40-26(20-48-3)31(22-10-6-4-7-11-22)49-36(47)29-30(34(42)45)37(33)18-25(38)32(29)50-37/h4-7,9-11,13-16,18,21,26-27,29-33,43H,8,12,17,19-20H2,1-3H3,(H,40,44)/b9-5-/t26-,27-,29+,30-,31-,32+,33+,37-/m0/s1. The molecule has 50 heavy (non-hydrogen) atoms. The minimum Gasteiger partial charge on any atom is -0.455 e. The molecule has 4 heterocycles. The molecule has 2 N–H and O–H groups in total. The number of anilines is 1. The number of carbonyl (C=O) groups is 4. The zero-order valence-corrected chi connectivity index (χ0v) is 30.4. The summed E-state index contributed by atoms with van der Waals surface area (Å²) >= 11 is 9.81. The zero-order valence-electron chi connectivity index (χ0n) is 28.0. The average molecular weight is 771 g/mol. The Labute approximate surface area is 304 Å². The number of aliphatic hydroxyl groups is 1. The molecule has 2 aromatic rings. The molecule has 11 nitrogen and oxygen atoms in total. The van der Waals surface area contributed by atoms with E-state index in [1.54, 1.807) is 60.7 Å². The molecule has 2 aromatic carbocycles. The fourth-order valence-corrected chi connectivity index (χ4v) is 8.54. The van der Waals surface area contributed by atoms with Gasteiger partial charge in [-0.2, -0.15) is 0 Å². The van der Waals surface area contributed by atoms with Crippen molar-refractivity contribution in [2.75, 3.05) is 31.8 Å². The Morgan fingerprint density at radius 2 is 1.76 bits per heavy atom. The van der Waals surface area contributed by atoms with Crippen molar-refractivity contribution in [1.82, 2.24) is 10.2 Å². The average Bonchev–Trinajstić information content (AvgIpc) is 3.69. The van der Waals surface area contributed by atoms with Gasteiger partial charge in [-0.1, -0.05) is 83.9 Å².